The van der Waals surface area contributed by atoms with E-state index in [9.17, 15) is 22.8 Å². The van der Waals surface area contributed by atoms with E-state index in [2.05, 4.69) is 5.32 Å². The number of anilines is 1. The zero-order valence-corrected chi connectivity index (χ0v) is 16.2. The Labute approximate surface area is 158 Å². The summed E-state index contributed by atoms with van der Waals surface area (Å²) in [6.45, 7) is -0.443. The molecule has 146 valence electrons. The summed E-state index contributed by atoms with van der Waals surface area (Å²) < 4.78 is 23.7. The van der Waals surface area contributed by atoms with Crippen LogP contribution in [0.3, 0.4) is 0 Å². The van der Waals surface area contributed by atoms with E-state index < -0.39 is 33.9 Å². The summed E-state index contributed by atoms with van der Waals surface area (Å²) in [5.41, 5.74) is -0.717. The Bertz CT molecular complexity index is 890. The van der Waals surface area contributed by atoms with Gasteiger partial charge in [0.05, 0.1) is 10.6 Å². The van der Waals surface area contributed by atoms with Crippen molar-refractivity contribution in [2.75, 3.05) is 25.2 Å². The van der Waals surface area contributed by atoms with Gasteiger partial charge in [-0.2, -0.15) is 0 Å². The van der Waals surface area contributed by atoms with Crippen LogP contribution >= 0.6 is 0 Å². The van der Waals surface area contributed by atoms with Crippen molar-refractivity contribution in [1.29, 1.82) is 0 Å². The molecule has 1 aromatic carbocycles. The molecule has 1 aliphatic carbocycles. The SMILES string of the molecule is CN1C(=O)N(CC(=O)Nc2ccccc2S(C)(=O)=O)C(=O)C12CCCCC2. The van der Waals surface area contributed by atoms with Crippen molar-refractivity contribution < 1.29 is 22.8 Å². The second kappa shape index (κ2) is 6.95. The lowest BCUT2D eigenvalue weighted by Gasteiger charge is -2.35. The average Bonchev–Trinajstić information content (AvgIpc) is 2.78. The lowest BCUT2D eigenvalue weighted by Crippen LogP contribution is -2.49. The van der Waals surface area contributed by atoms with Crippen molar-refractivity contribution in [2.24, 2.45) is 0 Å². The molecule has 0 bridgehead atoms. The third-order valence-electron chi connectivity index (χ3n) is 5.35. The maximum Gasteiger partial charge on any atom is 0.327 e. The molecule has 2 fully saturated rings. The minimum atomic E-state index is -3.53. The Hall–Kier alpha value is -2.42. The minimum absolute atomic E-state index is 0.0155. The molecule has 1 saturated carbocycles. The number of para-hydroxylation sites is 1. The highest BCUT2D eigenvalue weighted by atomic mass is 32.2. The first kappa shape index (κ1) is 19.3. The van der Waals surface area contributed by atoms with Crippen molar-refractivity contribution in [3.63, 3.8) is 0 Å². The summed E-state index contributed by atoms with van der Waals surface area (Å²) in [6, 6.07) is 5.52. The fraction of sp³-hybridized carbons (Fsp3) is 0.500. The number of nitrogens with one attached hydrogen (secondary N) is 1. The number of urea groups is 1. The molecule has 1 aliphatic heterocycles. The fourth-order valence-electron chi connectivity index (χ4n) is 3.90. The van der Waals surface area contributed by atoms with Crippen LogP contribution in [0.25, 0.3) is 0 Å². The van der Waals surface area contributed by atoms with Crippen LogP contribution in [0.2, 0.25) is 0 Å². The first-order chi connectivity index (χ1) is 12.7. The molecule has 2 aliphatic rings. The molecule has 1 spiro atoms. The number of benzene rings is 1. The number of sulfone groups is 1. The van der Waals surface area contributed by atoms with Gasteiger partial charge in [-0.1, -0.05) is 31.4 Å². The molecule has 9 heteroatoms. The van der Waals surface area contributed by atoms with E-state index in [-0.39, 0.29) is 16.5 Å². The Morgan fingerprint density at radius 3 is 2.41 bits per heavy atom. The summed E-state index contributed by atoms with van der Waals surface area (Å²) in [5.74, 6) is -0.963. The summed E-state index contributed by atoms with van der Waals surface area (Å²) in [4.78, 5) is 40.3. The van der Waals surface area contributed by atoms with E-state index in [1.165, 1.54) is 17.0 Å². The van der Waals surface area contributed by atoms with E-state index in [0.717, 1.165) is 30.4 Å². The zero-order chi connectivity index (χ0) is 19.8. The number of hydrogen-bond acceptors (Lipinski definition) is 5. The Morgan fingerprint density at radius 1 is 1.15 bits per heavy atom. The molecule has 3 rings (SSSR count). The second-order valence-electron chi connectivity index (χ2n) is 7.14. The van der Waals surface area contributed by atoms with Crippen molar-refractivity contribution in [2.45, 2.75) is 42.5 Å². The largest absolute Gasteiger partial charge is 0.327 e. The van der Waals surface area contributed by atoms with Gasteiger partial charge < -0.3 is 10.2 Å². The standard InChI is InChI=1S/C18H23N3O5S/c1-20-17(24)21(16(23)18(20)10-6-3-7-11-18)12-15(22)19-13-8-4-5-9-14(13)27(2,25)26/h4-5,8-9H,3,6-7,10-12H2,1-2H3,(H,19,22). The Morgan fingerprint density at radius 2 is 1.78 bits per heavy atom. The van der Waals surface area contributed by atoms with Gasteiger partial charge >= 0.3 is 6.03 Å². The highest BCUT2D eigenvalue weighted by Gasteiger charge is 2.55. The summed E-state index contributed by atoms with van der Waals surface area (Å²) in [6.07, 6.45) is 5.01. The first-order valence-electron chi connectivity index (χ1n) is 8.85. The fourth-order valence-corrected chi connectivity index (χ4v) is 4.74. The average molecular weight is 393 g/mol. The van der Waals surface area contributed by atoms with Crippen molar-refractivity contribution in [3.05, 3.63) is 24.3 Å². The molecule has 1 saturated heterocycles. The zero-order valence-electron chi connectivity index (χ0n) is 15.4. The minimum Gasteiger partial charge on any atom is -0.323 e. The predicted octanol–water partition coefficient (Wildman–Crippen LogP) is 1.63. The number of rotatable bonds is 4. The van der Waals surface area contributed by atoms with Crippen molar-refractivity contribution in [1.82, 2.24) is 9.80 Å². The van der Waals surface area contributed by atoms with Gasteiger partial charge in [0, 0.05) is 13.3 Å². The predicted molar refractivity (Wildman–Crippen MR) is 98.9 cm³/mol. The van der Waals surface area contributed by atoms with Crippen LogP contribution in [0, 0.1) is 0 Å². The van der Waals surface area contributed by atoms with E-state index in [0.29, 0.717) is 12.8 Å². The van der Waals surface area contributed by atoms with Crippen LogP contribution in [0.1, 0.15) is 32.1 Å². The van der Waals surface area contributed by atoms with Gasteiger partial charge in [0.1, 0.15) is 12.1 Å². The number of amides is 4. The van der Waals surface area contributed by atoms with Crippen molar-refractivity contribution >= 4 is 33.4 Å². The maximum atomic E-state index is 12.9. The summed E-state index contributed by atoms with van der Waals surface area (Å²) >= 11 is 0. The summed E-state index contributed by atoms with van der Waals surface area (Å²) in [7, 11) is -1.93. The molecule has 0 unspecified atom stereocenters. The van der Waals surface area contributed by atoms with Crippen LogP contribution < -0.4 is 5.32 Å². The number of hydrogen-bond donors (Lipinski definition) is 1. The van der Waals surface area contributed by atoms with Crippen LogP contribution in [-0.4, -0.2) is 61.5 Å². The number of carbonyl (C=O) groups is 3. The smallest absolute Gasteiger partial charge is 0.323 e. The molecule has 0 atom stereocenters. The van der Waals surface area contributed by atoms with E-state index in [4.69, 9.17) is 0 Å². The molecule has 1 N–H and O–H groups in total. The highest BCUT2D eigenvalue weighted by molar-refractivity contribution is 7.90. The van der Waals surface area contributed by atoms with E-state index in [1.807, 2.05) is 0 Å². The van der Waals surface area contributed by atoms with Gasteiger partial charge in [-0.25, -0.2) is 13.2 Å². The van der Waals surface area contributed by atoms with Gasteiger partial charge in [0.15, 0.2) is 9.84 Å². The number of likely N-dealkylation sites (N-methyl/N-ethyl adjacent to an activating group) is 1. The van der Waals surface area contributed by atoms with Gasteiger partial charge in [-0.05, 0) is 25.0 Å². The van der Waals surface area contributed by atoms with Gasteiger partial charge in [-0.3, -0.25) is 14.5 Å². The molecular weight excluding hydrogens is 370 g/mol. The molecular formula is C18H23N3O5S. The van der Waals surface area contributed by atoms with Crippen LogP contribution in [0.5, 0.6) is 0 Å². The van der Waals surface area contributed by atoms with Gasteiger partial charge in [0.2, 0.25) is 5.91 Å². The first-order valence-corrected chi connectivity index (χ1v) is 10.7. The quantitative estimate of drug-likeness (QED) is 0.783. The van der Waals surface area contributed by atoms with E-state index in [1.54, 1.807) is 19.2 Å². The van der Waals surface area contributed by atoms with Crippen LogP contribution in [0.4, 0.5) is 10.5 Å². The maximum absolute atomic E-state index is 12.9. The van der Waals surface area contributed by atoms with Crippen LogP contribution in [0.15, 0.2) is 29.2 Å². The number of nitrogens with zero attached hydrogens (tertiary/aromatic N) is 2. The second-order valence-corrected chi connectivity index (χ2v) is 9.13. The highest BCUT2D eigenvalue weighted by Crippen LogP contribution is 2.39. The van der Waals surface area contributed by atoms with Crippen molar-refractivity contribution in [3.8, 4) is 0 Å². The Kier molecular flexibility index (Phi) is 4.98. The van der Waals surface area contributed by atoms with Gasteiger partial charge in [-0.15, -0.1) is 0 Å². The molecule has 0 aromatic heterocycles. The van der Waals surface area contributed by atoms with E-state index >= 15 is 0 Å². The van der Waals surface area contributed by atoms with Gasteiger partial charge in [0.25, 0.3) is 5.91 Å². The normalized spacial score (nSPS) is 19.6. The lowest BCUT2D eigenvalue weighted by atomic mass is 9.81. The summed E-state index contributed by atoms with van der Waals surface area (Å²) in [5, 5.41) is 2.51. The molecule has 27 heavy (non-hydrogen) atoms. The molecule has 0 radical (unpaired) electrons. The molecule has 1 heterocycles. The lowest BCUT2D eigenvalue weighted by molar-refractivity contribution is -0.136. The molecule has 8 nitrogen and oxygen atoms in total. The monoisotopic (exact) mass is 393 g/mol. The third kappa shape index (κ3) is 3.43. The Balaban J connectivity index is 1.77. The number of imide groups is 1. The van der Waals surface area contributed by atoms with Crippen LogP contribution in [-0.2, 0) is 19.4 Å². The molecule has 1 aromatic rings. The number of carbonyl (C=O) groups excluding carboxylic acids is 3. The topological polar surface area (TPSA) is 104 Å². The molecule has 4 amide bonds. The third-order valence-corrected chi connectivity index (χ3v) is 6.50.